The molecule has 0 unspecified atom stereocenters. The Balaban J connectivity index is 1.76. The molecule has 2 aromatic heterocycles. The van der Waals surface area contributed by atoms with Gasteiger partial charge in [-0.05, 0) is 18.2 Å². The van der Waals surface area contributed by atoms with Crippen molar-refractivity contribution in [2.24, 2.45) is 0 Å². The minimum absolute atomic E-state index is 0.0520. The van der Waals surface area contributed by atoms with E-state index in [9.17, 15) is 4.79 Å². The Morgan fingerprint density at radius 2 is 2.05 bits per heavy atom. The number of hydrogen-bond donors (Lipinski definition) is 0. The van der Waals surface area contributed by atoms with E-state index < -0.39 is 5.97 Å². The van der Waals surface area contributed by atoms with Crippen LogP contribution < -0.4 is 0 Å². The third-order valence-corrected chi connectivity index (χ3v) is 3.07. The van der Waals surface area contributed by atoms with Crippen LogP contribution in [0.3, 0.4) is 0 Å². The Kier molecular flexibility index (Phi) is 3.36. The Morgan fingerprint density at radius 3 is 2.86 bits per heavy atom. The molecule has 21 heavy (non-hydrogen) atoms. The molecule has 2 heterocycles. The van der Waals surface area contributed by atoms with Crippen molar-refractivity contribution in [3.63, 3.8) is 0 Å². The number of carbonyl (C=O) groups is 1. The van der Waals surface area contributed by atoms with E-state index in [1.54, 1.807) is 34.9 Å². The first-order valence-corrected chi connectivity index (χ1v) is 6.37. The van der Waals surface area contributed by atoms with Crippen molar-refractivity contribution < 1.29 is 9.53 Å². The zero-order valence-corrected chi connectivity index (χ0v) is 11.1. The normalized spacial score (nSPS) is 10.2. The number of nitriles is 1. The highest BCUT2D eigenvalue weighted by molar-refractivity contribution is 5.87. The van der Waals surface area contributed by atoms with Crippen LogP contribution in [0.5, 0.6) is 0 Å². The fraction of sp³-hybridized carbons (Fsp3) is 0.0625. The van der Waals surface area contributed by atoms with E-state index in [0.29, 0.717) is 16.8 Å². The molecule has 0 atom stereocenters. The second-order valence-electron chi connectivity index (χ2n) is 4.44. The molecule has 0 N–H and O–H groups in total. The number of ether oxygens (including phenoxy) is 1. The Morgan fingerprint density at radius 1 is 1.24 bits per heavy atom. The average Bonchev–Trinajstić information content (AvgIpc) is 2.97. The van der Waals surface area contributed by atoms with Gasteiger partial charge in [0, 0.05) is 18.0 Å². The Hall–Kier alpha value is -3.13. The van der Waals surface area contributed by atoms with Crippen molar-refractivity contribution in [3.05, 3.63) is 71.7 Å². The van der Waals surface area contributed by atoms with Gasteiger partial charge in [-0.1, -0.05) is 24.3 Å². The predicted octanol–water partition coefficient (Wildman–Crippen LogP) is 2.56. The van der Waals surface area contributed by atoms with Gasteiger partial charge in [0.25, 0.3) is 0 Å². The van der Waals surface area contributed by atoms with Crippen LogP contribution in [0, 0.1) is 11.3 Å². The lowest BCUT2D eigenvalue weighted by Crippen LogP contribution is -2.06. The highest BCUT2D eigenvalue weighted by atomic mass is 16.5. The van der Waals surface area contributed by atoms with Gasteiger partial charge < -0.3 is 9.14 Å². The first-order chi connectivity index (χ1) is 10.3. The number of fused-ring (bicyclic) bond motifs is 1. The van der Waals surface area contributed by atoms with Crippen LogP contribution in [-0.2, 0) is 11.3 Å². The van der Waals surface area contributed by atoms with Gasteiger partial charge in [-0.2, -0.15) is 5.26 Å². The monoisotopic (exact) mass is 277 g/mol. The fourth-order valence-electron chi connectivity index (χ4n) is 2.01. The second-order valence-corrected chi connectivity index (χ2v) is 4.44. The largest absolute Gasteiger partial charge is 0.456 e. The van der Waals surface area contributed by atoms with E-state index in [-0.39, 0.29) is 12.3 Å². The Labute approximate surface area is 121 Å². The summed E-state index contributed by atoms with van der Waals surface area (Å²) in [6, 6.07) is 14.6. The molecule has 0 radical (unpaired) electrons. The van der Waals surface area contributed by atoms with Crippen LogP contribution in [0.2, 0.25) is 0 Å². The molecule has 102 valence electrons. The highest BCUT2D eigenvalue weighted by Gasteiger charge is 2.13. The first-order valence-electron chi connectivity index (χ1n) is 6.37. The van der Waals surface area contributed by atoms with Gasteiger partial charge in [-0.15, -0.1) is 0 Å². The molecule has 3 rings (SSSR count). The zero-order valence-electron chi connectivity index (χ0n) is 11.1. The molecule has 0 saturated carbocycles. The van der Waals surface area contributed by atoms with Crippen LogP contribution in [0.15, 0.2) is 54.9 Å². The SMILES string of the molecule is N#Cc1ccccc1COC(=O)c1cn2ccccc2n1. The number of aromatic nitrogens is 2. The molecule has 1 aromatic carbocycles. The molecule has 0 aliphatic heterocycles. The molecular weight excluding hydrogens is 266 g/mol. The zero-order chi connectivity index (χ0) is 14.7. The minimum atomic E-state index is -0.508. The van der Waals surface area contributed by atoms with Crippen molar-refractivity contribution in [3.8, 4) is 6.07 Å². The first kappa shape index (κ1) is 12.9. The summed E-state index contributed by atoms with van der Waals surface area (Å²) in [6.45, 7) is 0.0520. The van der Waals surface area contributed by atoms with E-state index in [2.05, 4.69) is 11.1 Å². The molecule has 0 amide bonds. The topological polar surface area (TPSA) is 67.4 Å². The summed E-state index contributed by atoms with van der Waals surface area (Å²) in [7, 11) is 0. The number of esters is 1. The summed E-state index contributed by atoms with van der Waals surface area (Å²) in [5, 5.41) is 8.99. The summed E-state index contributed by atoms with van der Waals surface area (Å²) in [5.74, 6) is -0.508. The molecule has 3 aromatic rings. The van der Waals surface area contributed by atoms with E-state index in [0.717, 1.165) is 0 Å². The smallest absolute Gasteiger partial charge is 0.358 e. The maximum atomic E-state index is 12.0. The summed E-state index contributed by atoms with van der Waals surface area (Å²) in [4.78, 5) is 16.2. The summed E-state index contributed by atoms with van der Waals surface area (Å²) < 4.78 is 6.97. The van der Waals surface area contributed by atoms with Gasteiger partial charge >= 0.3 is 5.97 Å². The summed E-state index contributed by atoms with van der Waals surface area (Å²) in [6.07, 6.45) is 3.43. The second kappa shape index (κ2) is 5.47. The molecule has 5 heteroatoms. The fourth-order valence-corrected chi connectivity index (χ4v) is 2.01. The summed E-state index contributed by atoms with van der Waals surface area (Å²) >= 11 is 0. The molecule has 0 aliphatic carbocycles. The van der Waals surface area contributed by atoms with Crippen molar-refractivity contribution in [2.75, 3.05) is 0 Å². The highest BCUT2D eigenvalue weighted by Crippen LogP contribution is 2.11. The van der Waals surface area contributed by atoms with Crippen molar-refractivity contribution in [1.82, 2.24) is 9.38 Å². The van der Waals surface area contributed by atoms with Gasteiger partial charge in [0.1, 0.15) is 12.3 Å². The van der Waals surface area contributed by atoms with Crippen LogP contribution >= 0.6 is 0 Å². The quantitative estimate of drug-likeness (QED) is 0.690. The molecule has 0 aliphatic rings. The molecule has 0 fully saturated rings. The predicted molar refractivity (Wildman–Crippen MR) is 75.5 cm³/mol. The van der Waals surface area contributed by atoms with Crippen molar-refractivity contribution in [2.45, 2.75) is 6.61 Å². The van der Waals surface area contributed by atoms with Gasteiger partial charge in [0.05, 0.1) is 11.6 Å². The number of carbonyl (C=O) groups excluding carboxylic acids is 1. The minimum Gasteiger partial charge on any atom is -0.456 e. The summed E-state index contributed by atoms with van der Waals surface area (Å²) in [5.41, 5.74) is 2.11. The average molecular weight is 277 g/mol. The number of hydrogen-bond acceptors (Lipinski definition) is 4. The number of rotatable bonds is 3. The lowest BCUT2D eigenvalue weighted by molar-refractivity contribution is 0.0466. The molecule has 0 saturated heterocycles. The van der Waals surface area contributed by atoms with Gasteiger partial charge in [0.15, 0.2) is 5.69 Å². The van der Waals surface area contributed by atoms with Crippen LogP contribution in [0.25, 0.3) is 5.65 Å². The molecular formula is C16H11N3O2. The van der Waals surface area contributed by atoms with Crippen molar-refractivity contribution in [1.29, 1.82) is 5.26 Å². The maximum absolute atomic E-state index is 12.0. The van der Waals surface area contributed by atoms with Gasteiger partial charge in [-0.3, -0.25) is 0 Å². The lowest BCUT2D eigenvalue weighted by Gasteiger charge is -2.04. The number of pyridine rings is 1. The number of benzene rings is 1. The molecule has 0 bridgehead atoms. The van der Waals surface area contributed by atoms with Gasteiger partial charge in [-0.25, -0.2) is 9.78 Å². The van der Waals surface area contributed by atoms with E-state index in [4.69, 9.17) is 10.00 Å². The Bertz CT molecular complexity index is 813. The maximum Gasteiger partial charge on any atom is 0.358 e. The lowest BCUT2D eigenvalue weighted by atomic mass is 10.1. The van der Waals surface area contributed by atoms with E-state index in [1.165, 1.54) is 0 Å². The van der Waals surface area contributed by atoms with E-state index >= 15 is 0 Å². The van der Waals surface area contributed by atoms with E-state index in [1.807, 2.05) is 24.4 Å². The molecule has 5 nitrogen and oxygen atoms in total. The third kappa shape index (κ3) is 2.60. The number of imidazole rings is 1. The molecule has 0 spiro atoms. The van der Waals surface area contributed by atoms with Crippen LogP contribution in [-0.4, -0.2) is 15.4 Å². The van der Waals surface area contributed by atoms with Crippen LogP contribution in [0.1, 0.15) is 21.6 Å². The van der Waals surface area contributed by atoms with Crippen LogP contribution in [0.4, 0.5) is 0 Å². The standard InChI is InChI=1S/C16H11N3O2/c17-9-12-5-1-2-6-13(12)11-21-16(20)14-10-19-8-4-3-7-15(19)18-14/h1-8,10H,11H2. The van der Waals surface area contributed by atoms with Gasteiger partial charge in [0.2, 0.25) is 0 Å². The number of nitrogens with zero attached hydrogens (tertiary/aromatic N) is 3. The third-order valence-electron chi connectivity index (χ3n) is 3.07. The van der Waals surface area contributed by atoms with Crippen molar-refractivity contribution >= 4 is 11.6 Å².